The molecule has 0 radical (unpaired) electrons. The van der Waals surface area contributed by atoms with Crippen LogP contribution < -0.4 is 10.5 Å². The van der Waals surface area contributed by atoms with Crippen LogP contribution in [-0.2, 0) is 16.0 Å². The molecule has 2 aliphatic rings. The monoisotopic (exact) mass is 332 g/mol. The van der Waals surface area contributed by atoms with Crippen LogP contribution in [0.25, 0.3) is 0 Å². The topological polar surface area (TPSA) is 64.8 Å². The van der Waals surface area contributed by atoms with Gasteiger partial charge >= 0.3 is 0 Å². The quantitative estimate of drug-likeness (QED) is 0.895. The number of hydrogen-bond acceptors (Lipinski definition) is 4. The maximum atomic E-state index is 12.7. The fraction of sp³-hybridized carbons (Fsp3) is 0.632. The van der Waals surface area contributed by atoms with Crippen molar-refractivity contribution < 1.29 is 14.3 Å². The molecule has 2 saturated heterocycles. The molecule has 3 rings (SSSR count). The van der Waals surface area contributed by atoms with Gasteiger partial charge in [-0.1, -0.05) is 12.1 Å². The lowest BCUT2D eigenvalue weighted by Crippen LogP contribution is -2.48. The van der Waals surface area contributed by atoms with Gasteiger partial charge in [-0.25, -0.2) is 0 Å². The second-order valence-corrected chi connectivity index (χ2v) is 6.99. The maximum absolute atomic E-state index is 12.7. The first-order chi connectivity index (χ1) is 11.7. The molecule has 132 valence electrons. The summed E-state index contributed by atoms with van der Waals surface area (Å²) in [5.74, 6) is 1.03. The van der Waals surface area contributed by atoms with Gasteiger partial charge in [-0.3, -0.25) is 4.79 Å². The highest BCUT2D eigenvalue weighted by atomic mass is 16.5. The molecule has 1 aromatic rings. The predicted molar refractivity (Wildman–Crippen MR) is 93.0 cm³/mol. The molecular weight excluding hydrogens is 304 g/mol. The molecule has 0 aromatic heterocycles. The Morgan fingerprint density at radius 1 is 1.21 bits per heavy atom. The largest absolute Gasteiger partial charge is 0.492 e. The van der Waals surface area contributed by atoms with Crippen LogP contribution in [0.5, 0.6) is 5.75 Å². The Morgan fingerprint density at radius 3 is 2.67 bits per heavy atom. The van der Waals surface area contributed by atoms with Crippen LogP contribution in [0, 0.1) is 5.41 Å². The summed E-state index contributed by atoms with van der Waals surface area (Å²) < 4.78 is 11.0. The van der Waals surface area contributed by atoms with Gasteiger partial charge in [0.1, 0.15) is 12.4 Å². The number of nitrogens with zero attached hydrogens (tertiary/aromatic N) is 1. The predicted octanol–water partition coefficient (Wildman–Crippen LogP) is 1.99. The van der Waals surface area contributed by atoms with Gasteiger partial charge in [0.25, 0.3) is 0 Å². The second-order valence-electron chi connectivity index (χ2n) is 6.99. The molecule has 2 fully saturated rings. The third-order valence-corrected chi connectivity index (χ3v) is 5.23. The summed E-state index contributed by atoms with van der Waals surface area (Å²) >= 11 is 0. The van der Waals surface area contributed by atoms with Crippen molar-refractivity contribution in [1.82, 2.24) is 4.90 Å². The van der Waals surface area contributed by atoms with Crippen LogP contribution in [-0.4, -0.2) is 50.3 Å². The van der Waals surface area contributed by atoms with Crippen LogP contribution in [0.3, 0.4) is 0 Å². The Morgan fingerprint density at radius 2 is 1.96 bits per heavy atom. The minimum absolute atomic E-state index is 0.233. The molecule has 0 unspecified atom stereocenters. The van der Waals surface area contributed by atoms with Crippen LogP contribution in [0.1, 0.15) is 31.2 Å². The first-order valence-corrected chi connectivity index (χ1v) is 8.98. The van der Waals surface area contributed by atoms with Gasteiger partial charge in [-0.15, -0.1) is 0 Å². The number of ether oxygens (including phenoxy) is 2. The van der Waals surface area contributed by atoms with E-state index in [2.05, 4.69) is 4.90 Å². The number of benzene rings is 1. The molecule has 0 atom stereocenters. The van der Waals surface area contributed by atoms with Crippen molar-refractivity contribution in [2.75, 3.05) is 39.5 Å². The first kappa shape index (κ1) is 17.2. The van der Waals surface area contributed by atoms with Crippen molar-refractivity contribution in [3.05, 3.63) is 29.8 Å². The maximum Gasteiger partial charge on any atom is 0.227 e. The zero-order chi connectivity index (χ0) is 16.8. The summed E-state index contributed by atoms with van der Waals surface area (Å²) in [4.78, 5) is 14.8. The van der Waals surface area contributed by atoms with E-state index in [4.69, 9.17) is 15.2 Å². The normalized spacial score (nSPS) is 20.1. The van der Waals surface area contributed by atoms with Crippen molar-refractivity contribution in [3.8, 4) is 5.75 Å². The molecule has 24 heavy (non-hydrogen) atoms. The smallest absolute Gasteiger partial charge is 0.227 e. The molecule has 2 N–H and O–H groups in total. The van der Waals surface area contributed by atoms with E-state index in [9.17, 15) is 4.79 Å². The van der Waals surface area contributed by atoms with E-state index in [0.29, 0.717) is 25.0 Å². The lowest BCUT2D eigenvalue weighted by molar-refractivity contribution is -0.136. The summed E-state index contributed by atoms with van der Waals surface area (Å²) in [5, 5.41) is 0. The van der Waals surface area contributed by atoms with E-state index >= 15 is 0 Å². The third kappa shape index (κ3) is 4.28. The molecule has 1 aromatic carbocycles. The Kier molecular flexibility index (Phi) is 5.74. The number of hydrogen-bond donors (Lipinski definition) is 1. The van der Waals surface area contributed by atoms with Gasteiger partial charge in [-0.2, -0.15) is 0 Å². The molecule has 0 saturated carbocycles. The van der Waals surface area contributed by atoms with Crippen molar-refractivity contribution in [2.45, 2.75) is 32.1 Å². The van der Waals surface area contributed by atoms with E-state index in [1.807, 2.05) is 24.3 Å². The van der Waals surface area contributed by atoms with Gasteiger partial charge < -0.3 is 20.1 Å². The lowest BCUT2D eigenvalue weighted by Gasteiger charge is -2.45. The highest BCUT2D eigenvalue weighted by Crippen LogP contribution is 2.39. The number of likely N-dealkylation sites (tertiary alicyclic amines) is 1. The number of nitrogens with two attached hydrogens (primary N) is 1. The summed E-state index contributed by atoms with van der Waals surface area (Å²) in [5.41, 5.74) is 6.76. The van der Waals surface area contributed by atoms with Crippen molar-refractivity contribution in [3.63, 3.8) is 0 Å². The zero-order valence-corrected chi connectivity index (χ0v) is 14.3. The Labute approximate surface area is 144 Å². The Balaban J connectivity index is 1.56. The molecule has 0 aliphatic carbocycles. The van der Waals surface area contributed by atoms with Gasteiger partial charge in [0.2, 0.25) is 5.91 Å². The number of amides is 1. The Bertz CT molecular complexity index is 533. The summed E-state index contributed by atoms with van der Waals surface area (Å²) in [6.45, 7) is 4.48. The molecule has 1 amide bonds. The molecule has 1 spiro atoms. The minimum Gasteiger partial charge on any atom is -0.492 e. The second kappa shape index (κ2) is 7.99. The highest BCUT2D eigenvalue weighted by molar-refractivity contribution is 5.79. The van der Waals surface area contributed by atoms with Gasteiger partial charge in [0.15, 0.2) is 0 Å². The summed E-state index contributed by atoms with van der Waals surface area (Å²) in [6, 6.07) is 7.76. The molecule has 2 aliphatic heterocycles. The number of carbonyl (C=O) groups excluding carboxylic acids is 1. The summed E-state index contributed by atoms with van der Waals surface area (Å²) in [6.07, 6.45) is 4.97. The van der Waals surface area contributed by atoms with E-state index in [1.165, 1.54) is 6.42 Å². The molecular formula is C19H28N2O3. The first-order valence-electron chi connectivity index (χ1n) is 8.98. The highest BCUT2D eigenvalue weighted by Gasteiger charge is 2.38. The van der Waals surface area contributed by atoms with Crippen LogP contribution in [0.15, 0.2) is 24.3 Å². The van der Waals surface area contributed by atoms with E-state index in [-0.39, 0.29) is 5.91 Å². The van der Waals surface area contributed by atoms with Crippen LogP contribution in [0.2, 0.25) is 0 Å². The van der Waals surface area contributed by atoms with E-state index in [0.717, 1.165) is 56.9 Å². The van der Waals surface area contributed by atoms with Gasteiger partial charge in [-0.05, 0) is 48.8 Å². The SMILES string of the molecule is NCCOc1ccc(CC(=O)N2CCCC3(CCOCC3)C2)cc1. The average Bonchev–Trinajstić information content (AvgIpc) is 2.62. The molecule has 5 nitrogen and oxygen atoms in total. The van der Waals surface area contributed by atoms with Gasteiger partial charge in [0.05, 0.1) is 6.42 Å². The van der Waals surface area contributed by atoms with Crippen molar-refractivity contribution >= 4 is 5.91 Å². The third-order valence-electron chi connectivity index (χ3n) is 5.23. The fourth-order valence-electron chi connectivity index (χ4n) is 3.80. The number of rotatable bonds is 5. The average molecular weight is 332 g/mol. The standard InChI is InChI=1S/C19H28N2O3/c20-9-13-24-17-4-2-16(3-5-17)14-18(22)21-10-1-6-19(15-21)7-11-23-12-8-19/h2-5H,1,6-15,20H2. The molecule has 2 heterocycles. The molecule has 5 heteroatoms. The van der Waals surface area contributed by atoms with Crippen LogP contribution >= 0.6 is 0 Å². The number of piperidine rings is 1. The zero-order valence-electron chi connectivity index (χ0n) is 14.3. The van der Waals surface area contributed by atoms with E-state index < -0.39 is 0 Å². The van der Waals surface area contributed by atoms with Gasteiger partial charge in [0, 0.05) is 32.8 Å². The fourth-order valence-corrected chi connectivity index (χ4v) is 3.80. The lowest BCUT2D eigenvalue weighted by atomic mass is 9.74. The number of carbonyl (C=O) groups is 1. The summed E-state index contributed by atoms with van der Waals surface area (Å²) in [7, 11) is 0. The minimum atomic E-state index is 0.233. The molecule has 0 bridgehead atoms. The Hall–Kier alpha value is -1.59. The van der Waals surface area contributed by atoms with E-state index in [1.54, 1.807) is 0 Å². The van der Waals surface area contributed by atoms with Crippen LogP contribution in [0.4, 0.5) is 0 Å². The van der Waals surface area contributed by atoms with Crippen molar-refractivity contribution in [1.29, 1.82) is 0 Å². The van der Waals surface area contributed by atoms with Crippen molar-refractivity contribution in [2.24, 2.45) is 11.1 Å².